The second-order valence-corrected chi connectivity index (χ2v) is 8.95. The van der Waals surface area contributed by atoms with Crippen LogP contribution in [0.25, 0.3) is 0 Å². The predicted octanol–water partition coefficient (Wildman–Crippen LogP) is 7.21. The van der Waals surface area contributed by atoms with Gasteiger partial charge in [-0.2, -0.15) is 0 Å². The van der Waals surface area contributed by atoms with Gasteiger partial charge in [-0.1, -0.05) is 47.5 Å². The van der Waals surface area contributed by atoms with Crippen molar-refractivity contribution < 1.29 is 9.59 Å². The number of amides is 2. The number of benzene rings is 3. The van der Waals surface area contributed by atoms with E-state index < -0.39 is 6.04 Å². The normalized spacial score (nSPS) is 17.6. The molecule has 0 unspecified atom stereocenters. The third-order valence-corrected chi connectivity index (χ3v) is 6.44. The highest BCUT2D eigenvalue weighted by Crippen LogP contribution is 2.45. The number of para-hydroxylation sites is 2. The van der Waals surface area contributed by atoms with Gasteiger partial charge in [0.25, 0.3) is 0 Å². The van der Waals surface area contributed by atoms with Crippen molar-refractivity contribution in [1.29, 1.82) is 0 Å². The van der Waals surface area contributed by atoms with Crippen LogP contribution in [0, 0.1) is 0 Å². The zero-order valence-corrected chi connectivity index (χ0v) is 19.2. The number of fused-ring (bicyclic) bond motifs is 1. The number of halogens is 2. The van der Waals surface area contributed by atoms with Gasteiger partial charge < -0.3 is 10.6 Å². The molecule has 0 saturated carbocycles. The first kappa shape index (κ1) is 21.6. The molecule has 33 heavy (non-hydrogen) atoms. The summed E-state index contributed by atoms with van der Waals surface area (Å²) in [4.78, 5) is 28.7. The first-order valence-corrected chi connectivity index (χ1v) is 11.5. The minimum atomic E-state index is -0.603. The van der Waals surface area contributed by atoms with Crippen LogP contribution in [0.2, 0.25) is 10.0 Å². The number of ketones is 1. The van der Waals surface area contributed by atoms with Gasteiger partial charge in [-0.3, -0.25) is 9.69 Å². The second kappa shape index (κ2) is 8.93. The lowest BCUT2D eigenvalue weighted by molar-refractivity contribution is -0.116. The molecule has 0 aromatic heterocycles. The average Bonchev–Trinajstić information content (AvgIpc) is 2.96. The minimum Gasteiger partial charge on any atom is -0.357 e. The molecule has 166 valence electrons. The largest absolute Gasteiger partial charge is 0.357 e. The summed E-state index contributed by atoms with van der Waals surface area (Å²) in [7, 11) is 0. The molecule has 1 atom stereocenters. The van der Waals surface area contributed by atoms with Crippen LogP contribution in [0.5, 0.6) is 0 Å². The third kappa shape index (κ3) is 4.22. The van der Waals surface area contributed by atoms with Gasteiger partial charge in [0, 0.05) is 33.4 Å². The number of Topliss-reactive ketones (excluding diaryl/α,β-unsaturated/α-hetero) is 1. The average molecular weight is 478 g/mol. The Morgan fingerprint density at radius 2 is 1.58 bits per heavy atom. The highest BCUT2D eigenvalue weighted by atomic mass is 35.5. The van der Waals surface area contributed by atoms with Crippen molar-refractivity contribution in [2.45, 2.75) is 25.3 Å². The standard InChI is InChI=1S/C26H21Cl2N3O2/c27-17-10-8-16(9-11-17)25-24-21(5-3-7-23(24)32)30-20-4-1-2-6-22(20)31(25)26(33)29-19-14-12-18(28)13-15-19/h1-2,4,6,8-15,25,30H,3,5,7H2,(H,29,33)/t25-/m1/s1. The lowest BCUT2D eigenvalue weighted by Crippen LogP contribution is -2.40. The number of nitrogens with one attached hydrogen (secondary N) is 2. The molecule has 1 aliphatic heterocycles. The summed E-state index contributed by atoms with van der Waals surface area (Å²) < 4.78 is 0. The number of allylic oxidation sites excluding steroid dienone is 1. The quantitative estimate of drug-likeness (QED) is 0.409. The molecule has 0 bridgehead atoms. The summed E-state index contributed by atoms with van der Waals surface area (Å²) in [5.74, 6) is 0.0424. The minimum absolute atomic E-state index is 0.0424. The molecule has 0 saturated heterocycles. The number of hydrogen-bond donors (Lipinski definition) is 2. The van der Waals surface area contributed by atoms with E-state index >= 15 is 0 Å². The number of rotatable bonds is 2. The van der Waals surface area contributed by atoms with Crippen LogP contribution >= 0.6 is 23.2 Å². The number of nitrogens with zero attached hydrogens (tertiary/aromatic N) is 1. The third-order valence-electron chi connectivity index (χ3n) is 5.94. The van der Waals surface area contributed by atoms with Crippen LogP contribution in [0.4, 0.5) is 21.9 Å². The zero-order chi connectivity index (χ0) is 22.9. The number of anilines is 3. The Labute approximate surface area is 202 Å². The second-order valence-electron chi connectivity index (χ2n) is 8.07. The number of carbonyl (C=O) groups excluding carboxylic acids is 2. The predicted molar refractivity (Wildman–Crippen MR) is 133 cm³/mol. The summed E-state index contributed by atoms with van der Waals surface area (Å²) in [5, 5.41) is 7.59. The van der Waals surface area contributed by atoms with Gasteiger partial charge in [0.2, 0.25) is 0 Å². The lowest BCUT2D eigenvalue weighted by atomic mass is 9.86. The molecule has 1 aliphatic carbocycles. The molecule has 7 heteroatoms. The van der Waals surface area contributed by atoms with Crippen molar-refractivity contribution in [3.8, 4) is 0 Å². The Bertz CT molecular complexity index is 1250. The molecule has 1 heterocycles. The van der Waals surface area contributed by atoms with E-state index in [0.717, 1.165) is 29.8 Å². The van der Waals surface area contributed by atoms with E-state index in [4.69, 9.17) is 23.2 Å². The maximum atomic E-state index is 13.8. The van der Waals surface area contributed by atoms with Crippen LogP contribution < -0.4 is 15.5 Å². The fraction of sp³-hybridized carbons (Fsp3) is 0.154. The maximum absolute atomic E-state index is 13.8. The first-order chi connectivity index (χ1) is 16.0. The van der Waals surface area contributed by atoms with Gasteiger partial charge in [0.05, 0.1) is 17.4 Å². The Kier molecular flexibility index (Phi) is 5.83. The highest BCUT2D eigenvalue weighted by Gasteiger charge is 2.39. The van der Waals surface area contributed by atoms with Gasteiger partial charge in [0.15, 0.2) is 5.78 Å². The topological polar surface area (TPSA) is 61.4 Å². The molecule has 2 aliphatic rings. The lowest BCUT2D eigenvalue weighted by Gasteiger charge is -2.34. The van der Waals surface area contributed by atoms with Crippen LogP contribution in [0.1, 0.15) is 30.9 Å². The van der Waals surface area contributed by atoms with E-state index in [0.29, 0.717) is 33.4 Å². The van der Waals surface area contributed by atoms with Crippen molar-refractivity contribution in [2.24, 2.45) is 0 Å². The Morgan fingerprint density at radius 1 is 0.909 bits per heavy atom. The number of urea groups is 1. The van der Waals surface area contributed by atoms with Crippen molar-refractivity contribution in [2.75, 3.05) is 15.5 Å². The van der Waals surface area contributed by atoms with Gasteiger partial charge >= 0.3 is 6.03 Å². The zero-order valence-electron chi connectivity index (χ0n) is 17.6. The molecule has 0 fully saturated rings. The van der Waals surface area contributed by atoms with E-state index in [1.54, 1.807) is 41.3 Å². The monoisotopic (exact) mass is 477 g/mol. The Morgan fingerprint density at radius 3 is 2.30 bits per heavy atom. The van der Waals surface area contributed by atoms with Crippen molar-refractivity contribution >= 4 is 52.1 Å². The van der Waals surface area contributed by atoms with Crippen molar-refractivity contribution in [3.63, 3.8) is 0 Å². The Hall–Kier alpha value is -3.28. The summed E-state index contributed by atoms with van der Waals surface area (Å²) in [6, 6.07) is 20.9. The molecule has 2 N–H and O–H groups in total. The molecule has 3 aromatic carbocycles. The fourth-order valence-electron chi connectivity index (χ4n) is 4.44. The van der Waals surface area contributed by atoms with Crippen LogP contribution in [-0.2, 0) is 4.79 Å². The number of hydrogen-bond acceptors (Lipinski definition) is 3. The molecule has 0 radical (unpaired) electrons. The summed E-state index contributed by atoms with van der Waals surface area (Å²) in [5.41, 5.74) is 4.37. The summed E-state index contributed by atoms with van der Waals surface area (Å²) in [6.07, 6.45) is 1.97. The molecule has 5 nitrogen and oxygen atoms in total. The fourth-order valence-corrected chi connectivity index (χ4v) is 4.69. The van der Waals surface area contributed by atoms with Crippen molar-refractivity contribution in [1.82, 2.24) is 0 Å². The van der Waals surface area contributed by atoms with Gasteiger partial charge in [-0.05, 0) is 66.9 Å². The maximum Gasteiger partial charge on any atom is 0.327 e. The van der Waals surface area contributed by atoms with Crippen molar-refractivity contribution in [3.05, 3.63) is 99.7 Å². The van der Waals surface area contributed by atoms with E-state index in [2.05, 4.69) is 10.6 Å². The van der Waals surface area contributed by atoms with E-state index in [9.17, 15) is 9.59 Å². The first-order valence-electron chi connectivity index (χ1n) is 10.7. The molecule has 2 amide bonds. The molecule has 5 rings (SSSR count). The van der Waals surface area contributed by atoms with E-state index in [1.807, 2.05) is 36.4 Å². The van der Waals surface area contributed by atoms with Gasteiger partial charge in [-0.15, -0.1) is 0 Å². The molecular formula is C26H21Cl2N3O2. The highest BCUT2D eigenvalue weighted by molar-refractivity contribution is 6.31. The van der Waals surface area contributed by atoms with Gasteiger partial charge in [0.1, 0.15) is 0 Å². The van der Waals surface area contributed by atoms with Crippen LogP contribution in [-0.4, -0.2) is 11.8 Å². The SMILES string of the molecule is O=C1CCCC2=C1[C@@H](c1ccc(Cl)cc1)N(C(=O)Nc1ccc(Cl)cc1)c1ccccc1N2. The van der Waals surface area contributed by atoms with Crippen LogP contribution in [0.15, 0.2) is 84.1 Å². The summed E-state index contributed by atoms with van der Waals surface area (Å²) >= 11 is 12.2. The smallest absolute Gasteiger partial charge is 0.327 e. The molecular weight excluding hydrogens is 457 g/mol. The van der Waals surface area contributed by atoms with Gasteiger partial charge in [-0.25, -0.2) is 4.79 Å². The van der Waals surface area contributed by atoms with Crippen LogP contribution in [0.3, 0.4) is 0 Å². The molecule has 0 spiro atoms. The Balaban J connectivity index is 1.68. The molecule has 3 aromatic rings. The summed E-state index contributed by atoms with van der Waals surface area (Å²) in [6.45, 7) is 0. The van der Waals surface area contributed by atoms with E-state index in [1.165, 1.54) is 0 Å². The number of carbonyl (C=O) groups is 2. The van der Waals surface area contributed by atoms with E-state index in [-0.39, 0.29) is 11.8 Å².